The van der Waals surface area contributed by atoms with Crippen molar-refractivity contribution >= 4 is 15.9 Å². The molecule has 0 aromatic heterocycles. The van der Waals surface area contributed by atoms with Crippen molar-refractivity contribution in [2.24, 2.45) is 5.92 Å². The largest absolute Gasteiger partial charge is 0.301 e. The Morgan fingerprint density at radius 2 is 2.05 bits per heavy atom. The topological polar surface area (TPSA) is 73.2 Å². The second-order valence-corrected chi connectivity index (χ2v) is 6.57. The summed E-state index contributed by atoms with van der Waals surface area (Å²) in [5, 5.41) is 8.70. The van der Waals surface area contributed by atoms with Crippen molar-refractivity contribution in [3.05, 3.63) is 29.8 Å². The summed E-state index contributed by atoms with van der Waals surface area (Å²) in [6.07, 6.45) is 1.97. The van der Waals surface area contributed by atoms with Crippen molar-refractivity contribution < 1.29 is 8.42 Å². The predicted molar refractivity (Wildman–Crippen MR) is 73.7 cm³/mol. The minimum atomic E-state index is -3.49. The molecule has 1 aromatic rings. The van der Waals surface area contributed by atoms with Crippen LogP contribution in [0.2, 0.25) is 0 Å². The Kier molecular flexibility index (Phi) is 4.08. The number of nitrogens with one attached hydrogen (secondary N) is 1. The van der Waals surface area contributed by atoms with Gasteiger partial charge >= 0.3 is 10.2 Å². The maximum atomic E-state index is 12.2. The Labute approximate surface area is 114 Å². The Hall–Kier alpha value is -1.58. The average molecular weight is 279 g/mol. The van der Waals surface area contributed by atoms with E-state index in [0.717, 1.165) is 12.8 Å². The van der Waals surface area contributed by atoms with Crippen LogP contribution in [0.1, 0.15) is 25.3 Å². The number of benzene rings is 1. The molecule has 1 unspecified atom stereocenters. The number of anilines is 1. The van der Waals surface area contributed by atoms with E-state index in [9.17, 15) is 8.42 Å². The third kappa shape index (κ3) is 3.46. The lowest BCUT2D eigenvalue weighted by Crippen LogP contribution is -2.42. The molecule has 6 heteroatoms. The molecular weight excluding hydrogens is 262 g/mol. The van der Waals surface area contributed by atoms with E-state index < -0.39 is 10.2 Å². The Bertz CT molecular complexity index is 575. The van der Waals surface area contributed by atoms with E-state index in [0.29, 0.717) is 30.3 Å². The fraction of sp³-hybridized carbons (Fsp3) is 0.462. The number of nitriles is 1. The average Bonchev–Trinajstić information content (AvgIpc) is 2.39. The number of rotatable bonds is 3. The zero-order valence-electron chi connectivity index (χ0n) is 10.8. The minimum absolute atomic E-state index is 0.395. The zero-order chi connectivity index (χ0) is 13.9. The SMILES string of the molecule is CC1CCCN(S(=O)(=O)Nc2ccc(C#N)cc2)C1. The normalized spacial score (nSPS) is 20.7. The highest BCUT2D eigenvalue weighted by atomic mass is 32.2. The molecule has 1 atom stereocenters. The van der Waals surface area contributed by atoms with Gasteiger partial charge in [-0.05, 0) is 43.0 Å². The van der Waals surface area contributed by atoms with Gasteiger partial charge in [-0.1, -0.05) is 6.92 Å². The summed E-state index contributed by atoms with van der Waals surface area (Å²) < 4.78 is 28.4. The Morgan fingerprint density at radius 3 is 2.63 bits per heavy atom. The third-order valence-electron chi connectivity index (χ3n) is 3.22. The molecule has 0 amide bonds. The van der Waals surface area contributed by atoms with Crippen molar-refractivity contribution in [2.75, 3.05) is 17.8 Å². The van der Waals surface area contributed by atoms with Crippen molar-refractivity contribution in [1.82, 2.24) is 4.31 Å². The van der Waals surface area contributed by atoms with Crippen LogP contribution in [0, 0.1) is 17.2 Å². The molecule has 0 spiro atoms. The van der Waals surface area contributed by atoms with Gasteiger partial charge in [0.2, 0.25) is 0 Å². The van der Waals surface area contributed by atoms with Crippen molar-refractivity contribution in [3.63, 3.8) is 0 Å². The van der Waals surface area contributed by atoms with Gasteiger partial charge in [-0.2, -0.15) is 18.0 Å². The molecule has 5 nitrogen and oxygen atoms in total. The molecule has 1 aliphatic rings. The van der Waals surface area contributed by atoms with Crippen LogP contribution in [0.5, 0.6) is 0 Å². The van der Waals surface area contributed by atoms with Gasteiger partial charge in [0.25, 0.3) is 0 Å². The maximum absolute atomic E-state index is 12.2. The second kappa shape index (κ2) is 5.59. The molecule has 102 valence electrons. The molecule has 1 heterocycles. The van der Waals surface area contributed by atoms with E-state index in [4.69, 9.17) is 5.26 Å². The van der Waals surface area contributed by atoms with Crippen LogP contribution in [-0.4, -0.2) is 25.8 Å². The first-order valence-electron chi connectivity index (χ1n) is 6.29. The summed E-state index contributed by atoms with van der Waals surface area (Å²) in [6.45, 7) is 3.19. The van der Waals surface area contributed by atoms with E-state index in [1.54, 1.807) is 24.3 Å². The lowest BCUT2D eigenvalue weighted by molar-refractivity contribution is 0.282. The van der Waals surface area contributed by atoms with Gasteiger partial charge < -0.3 is 0 Å². The highest BCUT2D eigenvalue weighted by molar-refractivity contribution is 7.90. The fourth-order valence-electron chi connectivity index (χ4n) is 2.19. The van der Waals surface area contributed by atoms with Crippen LogP contribution in [0.15, 0.2) is 24.3 Å². The molecule has 2 rings (SSSR count). The molecular formula is C13H17N3O2S. The minimum Gasteiger partial charge on any atom is -0.271 e. The first-order chi connectivity index (χ1) is 9.01. The van der Waals surface area contributed by atoms with Gasteiger partial charge in [-0.3, -0.25) is 4.72 Å². The van der Waals surface area contributed by atoms with Gasteiger partial charge in [-0.25, -0.2) is 0 Å². The zero-order valence-corrected chi connectivity index (χ0v) is 11.7. The number of nitrogens with zero attached hydrogens (tertiary/aromatic N) is 2. The summed E-state index contributed by atoms with van der Waals surface area (Å²) in [4.78, 5) is 0. The second-order valence-electron chi connectivity index (χ2n) is 4.90. The van der Waals surface area contributed by atoms with E-state index >= 15 is 0 Å². The quantitative estimate of drug-likeness (QED) is 0.919. The maximum Gasteiger partial charge on any atom is 0.301 e. The lowest BCUT2D eigenvalue weighted by atomic mass is 10.0. The smallest absolute Gasteiger partial charge is 0.271 e. The molecule has 1 aromatic carbocycles. The van der Waals surface area contributed by atoms with Crippen molar-refractivity contribution in [1.29, 1.82) is 5.26 Å². The van der Waals surface area contributed by atoms with Crippen LogP contribution in [0.3, 0.4) is 0 Å². The highest BCUT2D eigenvalue weighted by Gasteiger charge is 2.26. The highest BCUT2D eigenvalue weighted by Crippen LogP contribution is 2.20. The third-order valence-corrected chi connectivity index (χ3v) is 4.73. The van der Waals surface area contributed by atoms with Crippen molar-refractivity contribution in [2.45, 2.75) is 19.8 Å². The number of piperidine rings is 1. The summed E-state index contributed by atoms with van der Waals surface area (Å²) in [5.74, 6) is 0.395. The number of hydrogen-bond acceptors (Lipinski definition) is 3. The van der Waals surface area contributed by atoms with Crippen LogP contribution >= 0.6 is 0 Å². The van der Waals surface area contributed by atoms with Crippen LogP contribution in [-0.2, 0) is 10.2 Å². The first-order valence-corrected chi connectivity index (χ1v) is 7.73. The molecule has 0 radical (unpaired) electrons. The summed E-state index contributed by atoms with van der Waals surface area (Å²) >= 11 is 0. The van der Waals surface area contributed by atoms with E-state index in [1.807, 2.05) is 6.07 Å². The van der Waals surface area contributed by atoms with E-state index in [2.05, 4.69) is 11.6 Å². The van der Waals surface area contributed by atoms with Gasteiger partial charge in [0, 0.05) is 18.8 Å². The predicted octanol–water partition coefficient (Wildman–Crippen LogP) is 1.95. The molecule has 0 aliphatic carbocycles. The van der Waals surface area contributed by atoms with Crippen LogP contribution < -0.4 is 4.72 Å². The fourth-order valence-corrected chi connectivity index (χ4v) is 3.57. The van der Waals surface area contributed by atoms with Crippen LogP contribution in [0.25, 0.3) is 0 Å². The van der Waals surface area contributed by atoms with Crippen LogP contribution in [0.4, 0.5) is 5.69 Å². The lowest BCUT2D eigenvalue weighted by Gasteiger charge is -2.30. The monoisotopic (exact) mass is 279 g/mol. The molecule has 1 fully saturated rings. The molecule has 1 N–H and O–H groups in total. The summed E-state index contributed by atoms with van der Waals surface area (Å²) in [5.41, 5.74) is 0.992. The summed E-state index contributed by atoms with van der Waals surface area (Å²) in [7, 11) is -3.49. The van der Waals surface area contributed by atoms with Gasteiger partial charge in [0.05, 0.1) is 11.6 Å². The molecule has 0 bridgehead atoms. The first kappa shape index (κ1) is 13.8. The van der Waals surface area contributed by atoms with Gasteiger partial charge in [0.1, 0.15) is 0 Å². The van der Waals surface area contributed by atoms with E-state index in [1.165, 1.54) is 4.31 Å². The Morgan fingerprint density at radius 1 is 1.37 bits per heavy atom. The number of hydrogen-bond donors (Lipinski definition) is 1. The standard InChI is InChI=1S/C13H17N3O2S/c1-11-3-2-8-16(10-11)19(17,18)15-13-6-4-12(9-14)5-7-13/h4-7,11,15H,2-3,8,10H2,1H3. The van der Waals surface area contributed by atoms with Gasteiger partial charge in [-0.15, -0.1) is 0 Å². The van der Waals surface area contributed by atoms with Crippen molar-refractivity contribution in [3.8, 4) is 6.07 Å². The molecule has 1 aliphatic heterocycles. The van der Waals surface area contributed by atoms with Gasteiger partial charge in [0.15, 0.2) is 0 Å². The molecule has 1 saturated heterocycles. The molecule has 19 heavy (non-hydrogen) atoms. The van der Waals surface area contributed by atoms with E-state index in [-0.39, 0.29) is 0 Å². The summed E-state index contributed by atoms with van der Waals surface area (Å²) in [6, 6.07) is 8.39. The Balaban J connectivity index is 2.09. The molecule has 0 saturated carbocycles.